The first-order valence-electron chi connectivity index (χ1n) is 7.64. The van der Waals surface area contributed by atoms with Crippen LogP contribution < -0.4 is 14.2 Å². The van der Waals surface area contributed by atoms with Crippen LogP contribution in [0, 0.1) is 0 Å². The third-order valence-electron chi connectivity index (χ3n) is 3.72. The van der Waals surface area contributed by atoms with Gasteiger partial charge in [-0.3, -0.25) is 0 Å². The van der Waals surface area contributed by atoms with E-state index in [4.69, 9.17) is 18.9 Å². The number of carbonyl (C=O) groups excluding carboxylic acids is 1. The van der Waals surface area contributed by atoms with Crippen LogP contribution in [0.3, 0.4) is 0 Å². The topological polar surface area (TPSA) is 66.3 Å². The van der Waals surface area contributed by atoms with Crippen molar-refractivity contribution in [3.8, 4) is 17.2 Å². The quantitative estimate of drug-likeness (QED) is 0.546. The highest BCUT2D eigenvalue weighted by molar-refractivity contribution is 9.10. The molecule has 7 heteroatoms. The van der Waals surface area contributed by atoms with Crippen molar-refractivity contribution in [1.29, 1.82) is 0 Å². The largest absolute Gasteiger partial charge is 0.497 e. The lowest BCUT2D eigenvalue weighted by molar-refractivity contribution is -0.129. The summed E-state index contributed by atoms with van der Waals surface area (Å²) in [4.78, 5) is 16.4. The molecule has 0 saturated carbocycles. The molecule has 6 nitrogen and oxygen atoms in total. The number of benzene rings is 2. The number of hydrogen-bond donors (Lipinski definition) is 0. The SMILES string of the molecule is COc1ccc(C2=N/C(=C/c3cc(Br)c(OC)c(OC)c3)C(=O)O2)cc1. The number of rotatable bonds is 5. The molecule has 2 aromatic carbocycles. The van der Waals surface area contributed by atoms with E-state index in [9.17, 15) is 4.79 Å². The summed E-state index contributed by atoms with van der Waals surface area (Å²) in [7, 11) is 4.69. The third kappa shape index (κ3) is 3.57. The minimum Gasteiger partial charge on any atom is -0.497 e. The van der Waals surface area contributed by atoms with Gasteiger partial charge < -0.3 is 18.9 Å². The Hall–Kier alpha value is -2.80. The maximum atomic E-state index is 12.2. The number of cyclic esters (lactones) is 1. The summed E-state index contributed by atoms with van der Waals surface area (Å²) >= 11 is 3.43. The second-order valence-electron chi connectivity index (χ2n) is 5.30. The second-order valence-corrected chi connectivity index (χ2v) is 6.16. The third-order valence-corrected chi connectivity index (χ3v) is 4.31. The Bertz CT molecular complexity index is 903. The highest BCUT2D eigenvalue weighted by Crippen LogP contribution is 2.37. The van der Waals surface area contributed by atoms with E-state index < -0.39 is 5.97 Å². The van der Waals surface area contributed by atoms with Crippen LogP contribution in [-0.2, 0) is 9.53 Å². The molecular formula is C19H16BrNO5. The molecule has 1 aliphatic heterocycles. The normalized spacial score (nSPS) is 14.8. The molecule has 0 unspecified atom stereocenters. The van der Waals surface area contributed by atoms with Crippen molar-refractivity contribution in [2.75, 3.05) is 21.3 Å². The zero-order valence-corrected chi connectivity index (χ0v) is 16.0. The van der Waals surface area contributed by atoms with Gasteiger partial charge >= 0.3 is 5.97 Å². The molecule has 2 aromatic rings. The average Bonchev–Trinajstić information content (AvgIpc) is 3.01. The van der Waals surface area contributed by atoms with Gasteiger partial charge in [-0.15, -0.1) is 0 Å². The van der Waals surface area contributed by atoms with Crippen LogP contribution in [0.5, 0.6) is 17.2 Å². The molecule has 1 heterocycles. The van der Waals surface area contributed by atoms with Crippen molar-refractivity contribution in [2.24, 2.45) is 4.99 Å². The molecule has 0 aliphatic carbocycles. The van der Waals surface area contributed by atoms with E-state index in [-0.39, 0.29) is 11.6 Å². The van der Waals surface area contributed by atoms with Gasteiger partial charge in [-0.05, 0) is 64.0 Å². The van der Waals surface area contributed by atoms with Crippen molar-refractivity contribution in [3.05, 3.63) is 57.7 Å². The highest BCUT2D eigenvalue weighted by atomic mass is 79.9. The molecular weight excluding hydrogens is 402 g/mol. The molecule has 0 fully saturated rings. The summed E-state index contributed by atoms with van der Waals surface area (Å²) in [5.41, 5.74) is 1.62. The van der Waals surface area contributed by atoms with E-state index in [0.717, 1.165) is 5.56 Å². The van der Waals surface area contributed by atoms with Crippen LogP contribution in [0.2, 0.25) is 0 Å². The summed E-state index contributed by atoms with van der Waals surface area (Å²) in [6.07, 6.45) is 1.63. The van der Waals surface area contributed by atoms with Crippen LogP contribution in [0.25, 0.3) is 6.08 Å². The van der Waals surface area contributed by atoms with Crippen LogP contribution in [0.15, 0.2) is 51.6 Å². The Kier molecular flexibility index (Phi) is 5.27. The van der Waals surface area contributed by atoms with E-state index in [1.165, 1.54) is 0 Å². The van der Waals surface area contributed by atoms with Crippen LogP contribution >= 0.6 is 15.9 Å². The molecule has 0 N–H and O–H groups in total. The fourth-order valence-corrected chi connectivity index (χ4v) is 3.07. The summed E-state index contributed by atoms with van der Waals surface area (Å²) < 4.78 is 21.7. The molecule has 0 bridgehead atoms. The molecule has 0 spiro atoms. The van der Waals surface area contributed by atoms with Crippen molar-refractivity contribution < 1.29 is 23.7 Å². The summed E-state index contributed by atoms with van der Waals surface area (Å²) in [5.74, 6) is 1.57. The van der Waals surface area contributed by atoms with Gasteiger partial charge in [-0.2, -0.15) is 0 Å². The first-order valence-corrected chi connectivity index (χ1v) is 8.43. The zero-order valence-electron chi connectivity index (χ0n) is 14.4. The van der Waals surface area contributed by atoms with Crippen molar-refractivity contribution in [2.45, 2.75) is 0 Å². The molecule has 3 rings (SSSR count). The summed E-state index contributed by atoms with van der Waals surface area (Å²) in [6.45, 7) is 0. The maximum absolute atomic E-state index is 12.2. The minimum atomic E-state index is -0.512. The van der Waals surface area contributed by atoms with E-state index in [1.807, 2.05) is 6.07 Å². The van der Waals surface area contributed by atoms with Crippen LogP contribution in [0.1, 0.15) is 11.1 Å². The minimum absolute atomic E-state index is 0.204. The number of esters is 1. The highest BCUT2D eigenvalue weighted by Gasteiger charge is 2.24. The van der Waals surface area contributed by atoms with E-state index >= 15 is 0 Å². The molecule has 0 amide bonds. The van der Waals surface area contributed by atoms with Crippen molar-refractivity contribution >= 4 is 33.9 Å². The van der Waals surface area contributed by atoms with Gasteiger partial charge in [-0.25, -0.2) is 9.79 Å². The van der Waals surface area contributed by atoms with Gasteiger partial charge in [0.25, 0.3) is 0 Å². The second kappa shape index (κ2) is 7.61. The fraction of sp³-hybridized carbons (Fsp3) is 0.158. The molecule has 0 aromatic heterocycles. The van der Waals surface area contributed by atoms with Gasteiger partial charge in [0.05, 0.1) is 25.8 Å². The first kappa shape index (κ1) is 18.0. The number of methoxy groups -OCH3 is 3. The molecule has 0 radical (unpaired) electrons. The number of hydrogen-bond acceptors (Lipinski definition) is 6. The van der Waals surface area contributed by atoms with Gasteiger partial charge in [0.1, 0.15) is 5.75 Å². The van der Waals surface area contributed by atoms with Crippen LogP contribution in [0.4, 0.5) is 0 Å². The number of ether oxygens (including phenoxy) is 4. The lowest BCUT2D eigenvalue weighted by Gasteiger charge is -2.10. The fourth-order valence-electron chi connectivity index (χ4n) is 2.45. The van der Waals surface area contributed by atoms with Gasteiger partial charge in [0.15, 0.2) is 17.2 Å². The van der Waals surface area contributed by atoms with Crippen molar-refractivity contribution in [3.63, 3.8) is 0 Å². The molecule has 0 saturated heterocycles. The molecule has 0 atom stereocenters. The lowest BCUT2D eigenvalue weighted by atomic mass is 10.1. The maximum Gasteiger partial charge on any atom is 0.363 e. The molecule has 26 heavy (non-hydrogen) atoms. The average molecular weight is 418 g/mol. The van der Waals surface area contributed by atoms with E-state index in [1.54, 1.807) is 57.7 Å². The van der Waals surface area contributed by atoms with Gasteiger partial charge in [0.2, 0.25) is 5.90 Å². The lowest BCUT2D eigenvalue weighted by Crippen LogP contribution is -2.05. The van der Waals surface area contributed by atoms with E-state index in [0.29, 0.717) is 27.3 Å². The smallest absolute Gasteiger partial charge is 0.363 e. The summed E-state index contributed by atoms with van der Waals surface area (Å²) in [6, 6.07) is 10.7. The van der Waals surface area contributed by atoms with Gasteiger partial charge in [-0.1, -0.05) is 0 Å². The van der Waals surface area contributed by atoms with E-state index in [2.05, 4.69) is 20.9 Å². The Morgan fingerprint density at radius 3 is 2.38 bits per heavy atom. The number of nitrogens with zero attached hydrogens (tertiary/aromatic N) is 1. The Morgan fingerprint density at radius 1 is 1.04 bits per heavy atom. The monoisotopic (exact) mass is 417 g/mol. The van der Waals surface area contributed by atoms with Crippen molar-refractivity contribution in [1.82, 2.24) is 0 Å². The standard InChI is InChI=1S/C19H16BrNO5/c1-23-13-6-4-12(5-7-13)18-21-15(19(22)26-18)9-11-8-14(20)17(25-3)16(10-11)24-2/h4-10H,1-3H3/b15-9+. The zero-order chi connectivity index (χ0) is 18.7. The Balaban J connectivity index is 1.94. The number of carbonyl (C=O) groups is 1. The molecule has 1 aliphatic rings. The predicted octanol–water partition coefficient (Wildman–Crippen LogP) is 3.82. The number of aliphatic imine (C=N–C) groups is 1. The van der Waals surface area contributed by atoms with Gasteiger partial charge in [0, 0.05) is 5.56 Å². The summed E-state index contributed by atoms with van der Waals surface area (Å²) in [5, 5.41) is 0. The first-order chi connectivity index (χ1) is 12.5. The van der Waals surface area contributed by atoms with Crippen LogP contribution in [-0.4, -0.2) is 33.2 Å². The predicted molar refractivity (Wildman–Crippen MR) is 101 cm³/mol. The number of halogens is 1. The Morgan fingerprint density at radius 2 is 1.77 bits per heavy atom. The Labute approximate surface area is 159 Å². The molecule has 134 valence electrons.